The number of carbonyl (C=O) groups excluding carboxylic acids is 2. The largest absolute Gasteiger partial charge is 0.378 e. The molecule has 1 fully saturated rings. The topological polar surface area (TPSA) is 88.0 Å². The summed E-state index contributed by atoms with van der Waals surface area (Å²) in [7, 11) is 0. The second kappa shape index (κ2) is 9.65. The number of hydrogen-bond donors (Lipinski definition) is 2. The fraction of sp³-hybridized carbons (Fsp3) is 0.292. The maximum Gasteiger partial charge on any atom is 0.339 e. The molecule has 1 aliphatic rings. The van der Waals surface area contributed by atoms with Crippen molar-refractivity contribution in [1.82, 2.24) is 14.9 Å². The minimum Gasteiger partial charge on any atom is -0.378 e. The van der Waals surface area contributed by atoms with Crippen LogP contribution >= 0.6 is 0 Å². The number of amides is 3. The Morgan fingerprint density at radius 1 is 1.09 bits per heavy atom. The van der Waals surface area contributed by atoms with Crippen LogP contribution in [0.4, 0.5) is 10.5 Å². The van der Waals surface area contributed by atoms with Crippen molar-refractivity contribution >= 4 is 34.7 Å². The summed E-state index contributed by atoms with van der Waals surface area (Å²) in [6.45, 7) is 6.65. The van der Waals surface area contributed by atoms with Gasteiger partial charge in [-0.2, -0.15) is 5.10 Å². The van der Waals surface area contributed by atoms with Crippen LogP contribution in [-0.4, -0.2) is 53.9 Å². The monoisotopic (exact) mass is 433 g/mol. The van der Waals surface area contributed by atoms with Gasteiger partial charge >= 0.3 is 6.03 Å². The Morgan fingerprint density at radius 3 is 2.66 bits per heavy atom. The molecule has 0 aliphatic carbocycles. The van der Waals surface area contributed by atoms with Crippen LogP contribution in [0.5, 0.6) is 0 Å². The molecule has 3 amide bonds. The van der Waals surface area contributed by atoms with Gasteiger partial charge < -0.3 is 19.5 Å². The number of para-hydroxylation sites is 1. The number of morpholine rings is 1. The minimum atomic E-state index is -0.421. The highest BCUT2D eigenvalue weighted by Gasteiger charge is 2.18. The van der Waals surface area contributed by atoms with E-state index in [0.29, 0.717) is 32.0 Å². The van der Waals surface area contributed by atoms with Gasteiger partial charge in [0.25, 0.3) is 0 Å². The van der Waals surface area contributed by atoms with Crippen LogP contribution in [0.15, 0.2) is 53.8 Å². The summed E-state index contributed by atoms with van der Waals surface area (Å²) in [6, 6.07) is 13.1. The highest BCUT2D eigenvalue weighted by atomic mass is 16.5. The van der Waals surface area contributed by atoms with Crippen LogP contribution in [0.1, 0.15) is 16.7 Å². The Bertz CT molecular complexity index is 1160. The van der Waals surface area contributed by atoms with E-state index in [0.717, 1.165) is 27.6 Å². The molecule has 8 heteroatoms. The molecule has 32 heavy (non-hydrogen) atoms. The molecule has 0 unspecified atom stereocenters. The second-order valence-electron chi connectivity index (χ2n) is 7.85. The Balaban J connectivity index is 1.44. The quantitative estimate of drug-likeness (QED) is 0.478. The number of hydrazone groups is 1. The number of fused-ring (bicyclic) bond motifs is 1. The molecule has 166 valence electrons. The summed E-state index contributed by atoms with van der Waals surface area (Å²) >= 11 is 0. The number of rotatable bonds is 5. The number of ether oxygens (including phenoxy) is 1. The van der Waals surface area contributed by atoms with Crippen LogP contribution in [0, 0.1) is 13.8 Å². The normalized spacial score (nSPS) is 14.1. The molecule has 0 bridgehead atoms. The minimum absolute atomic E-state index is 0.0587. The SMILES string of the molecule is Cc1ccc(NC(=O)NN=Cc2cn(CC(=O)N3CCOCC3)c3ccccc23)cc1C. The van der Waals surface area contributed by atoms with E-state index in [-0.39, 0.29) is 12.5 Å². The lowest BCUT2D eigenvalue weighted by Gasteiger charge is -2.27. The lowest BCUT2D eigenvalue weighted by Crippen LogP contribution is -2.42. The summed E-state index contributed by atoms with van der Waals surface area (Å²) in [5.74, 6) is 0.0587. The molecular formula is C24H27N5O3. The van der Waals surface area contributed by atoms with Crippen LogP contribution in [0.25, 0.3) is 10.9 Å². The molecule has 0 saturated carbocycles. The Morgan fingerprint density at radius 2 is 1.88 bits per heavy atom. The molecule has 1 aliphatic heterocycles. The molecule has 0 radical (unpaired) electrons. The number of aryl methyl sites for hydroxylation is 2. The molecule has 0 atom stereocenters. The third kappa shape index (κ3) is 4.97. The van der Waals surface area contributed by atoms with Gasteiger partial charge in [0.05, 0.1) is 19.4 Å². The van der Waals surface area contributed by atoms with Crippen molar-refractivity contribution in [3.63, 3.8) is 0 Å². The standard InChI is InChI=1S/C24H27N5O3/c1-17-7-8-20(13-18(17)2)26-24(31)27-25-14-19-15-29(22-6-4-3-5-21(19)22)16-23(30)28-9-11-32-12-10-28/h3-8,13-15H,9-12,16H2,1-2H3,(H2,26,27,31). The third-order valence-corrected chi connectivity index (χ3v) is 5.62. The molecule has 3 aromatic rings. The molecule has 1 saturated heterocycles. The van der Waals surface area contributed by atoms with E-state index in [1.165, 1.54) is 0 Å². The summed E-state index contributed by atoms with van der Waals surface area (Å²) in [5.41, 5.74) is 7.24. The van der Waals surface area contributed by atoms with Crippen molar-refractivity contribution in [2.45, 2.75) is 20.4 Å². The van der Waals surface area contributed by atoms with Crippen molar-refractivity contribution in [3.8, 4) is 0 Å². The predicted octanol–water partition coefficient (Wildman–Crippen LogP) is 3.27. The number of urea groups is 1. The predicted molar refractivity (Wildman–Crippen MR) is 125 cm³/mol. The molecule has 8 nitrogen and oxygen atoms in total. The third-order valence-electron chi connectivity index (χ3n) is 5.62. The first-order valence-corrected chi connectivity index (χ1v) is 10.6. The van der Waals surface area contributed by atoms with Gasteiger partial charge in [0.2, 0.25) is 5.91 Å². The first-order chi connectivity index (χ1) is 15.5. The van der Waals surface area contributed by atoms with Crippen LogP contribution in [0.3, 0.4) is 0 Å². The van der Waals surface area contributed by atoms with Gasteiger partial charge in [0, 0.05) is 41.4 Å². The molecule has 1 aromatic heterocycles. The molecule has 2 heterocycles. The average molecular weight is 434 g/mol. The van der Waals surface area contributed by atoms with Gasteiger partial charge in [-0.15, -0.1) is 0 Å². The Labute approximate surface area is 186 Å². The summed E-state index contributed by atoms with van der Waals surface area (Å²) in [6.07, 6.45) is 3.48. The zero-order valence-corrected chi connectivity index (χ0v) is 18.3. The van der Waals surface area contributed by atoms with E-state index >= 15 is 0 Å². The number of carbonyl (C=O) groups is 2. The maximum absolute atomic E-state index is 12.7. The van der Waals surface area contributed by atoms with Crippen molar-refractivity contribution in [2.75, 3.05) is 31.6 Å². The summed E-state index contributed by atoms with van der Waals surface area (Å²) < 4.78 is 7.25. The smallest absolute Gasteiger partial charge is 0.339 e. The Hall–Kier alpha value is -3.65. The molecule has 4 rings (SSSR count). The van der Waals surface area contributed by atoms with E-state index in [4.69, 9.17) is 4.74 Å². The zero-order valence-electron chi connectivity index (χ0n) is 18.3. The highest BCUT2D eigenvalue weighted by molar-refractivity contribution is 6.00. The Kier molecular flexibility index (Phi) is 6.51. The van der Waals surface area contributed by atoms with E-state index < -0.39 is 6.03 Å². The van der Waals surface area contributed by atoms with E-state index in [1.807, 2.05) is 72.0 Å². The molecule has 0 spiro atoms. The van der Waals surface area contributed by atoms with Crippen molar-refractivity contribution in [2.24, 2.45) is 5.10 Å². The van der Waals surface area contributed by atoms with Gasteiger partial charge in [-0.05, 0) is 43.2 Å². The van der Waals surface area contributed by atoms with Gasteiger partial charge in [0.15, 0.2) is 0 Å². The number of anilines is 1. The van der Waals surface area contributed by atoms with Gasteiger partial charge in [0.1, 0.15) is 6.54 Å². The molecular weight excluding hydrogens is 406 g/mol. The van der Waals surface area contributed by atoms with Crippen LogP contribution < -0.4 is 10.7 Å². The number of benzene rings is 2. The van der Waals surface area contributed by atoms with Crippen molar-refractivity contribution in [1.29, 1.82) is 0 Å². The number of aromatic nitrogens is 1. The first-order valence-electron chi connectivity index (χ1n) is 10.6. The van der Waals surface area contributed by atoms with Crippen molar-refractivity contribution in [3.05, 3.63) is 65.4 Å². The van der Waals surface area contributed by atoms with Gasteiger partial charge in [-0.3, -0.25) is 4.79 Å². The van der Waals surface area contributed by atoms with Crippen LogP contribution in [-0.2, 0) is 16.1 Å². The van der Waals surface area contributed by atoms with E-state index in [2.05, 4.69) is 15.8 Å². The number of nitrogens with one attached hydrogen (secondary N) is 2. The first kappa shape index (κ1) is 21.6. The maximum atomic E-state index is 12.7. The number of hydrogen-bond acceptors (Lipinski definition) is 4. The van der Waals surface area contributed by atoms with Gasteiger partial charge in [-0.25, -0.2) is 10.2 Å². The number of nitrogens with zero attached hydrogens (tertiary/aromatic N) is 3. The summed E-state index contributed by atoms with van der Waals surface area (Å²) in [4.78, 5) is 26.7. The highest BCUT2D eigenvalue weighted by Crippen LogP contribution is 2.20. The van der Waals surface area contributed by atoms with Crippen molar-refractivity contribution < 1.29 is 14.3 Å². The lowest BCUT2D eigenvalue weighted by atomic mass is 10.1. The van der Waals surface area contributed by atoms with E-state index in [9.17, 15) is 9.59 Å². The molecule has 2 aromatic carbocycles. The second-order valence-corrected chi connectivity index (χ2v) is 7.85. The zero-order chi connectivity index (χ0) is 22.5. The van der Waals surface area contributed by atoms with E-state index in [1.54, 1.807) is 6.21 Å². The van der Waals surface area contributed by atoms with Gasteiger partial charge in [-0.1, -0.05) is 24.3 Å². The summed E-state index contributed by atoms with van der Waals surface area (Å²) in [5, 5.41) is 7.83. The lowest BCUT2D eigenvalue weighted by molar-refractivity contribution is -0.135. The fourth-order valence-corrected chi connectivity index (χ4v) is 3.71. The molecule has 2 N–H and O–H groups in total. The fourth-order valence-electron chi connectivity index (χ4n) is 3.71. The average Bonchev–Trinajstić information content (AvgIpc) is 3.14. The van der Waals surface area contributed by atoms with Crippen LogP contribution in [0.2, 0.25) is 0 Å².